The maximum Gasteiger partial charge on any atom is 0.435 e. The summed E-state index contributed by atoms with van der Waals surface area (Å²) in [7, 11) is 4.15. The molecule has 2 amide bonds. The Hall–Kier alpha value is -2.85. The number of carbonyl (C=O) groups excluding carboxylic acids is 2. The van der Waals surface area contributed by atoms with Gasteiger partial charge in [0.15, 0.2) is 24.6 Å². The van der Waals surface area contributed by atoms with Crippen LogP contribution in [0.25, 0.3) is 0 Å². The standard InChI is InChI=1S/C10H15N5O6/c1-11-9(16)20-4-6-7(5-21-10(17)12-2)14(3)8(13-6)15(18)19/h4-5H2,1-3H3,(H,11,16)(H,12,17). The van der Waals surface area contributed by atoms with Crippen molar-refractivity contribution in [3.05, 3.63) is 21.5 Å². The molecule has 2 N–H and O–H groups in total. The van der Waals surface area contributed by atoms with Gasteiger partial charge < -0.3 is 30.2 Å². The van der Waals surface area contributed by atoms with Crippen LogP contribution in [0.15, 0.2) is 0 Å². The number of nitro groups is 1. The normalized spacial score (nSPS) is 9.86. The maximum atomic E-state index is 11.1. The lowest BCUT2D eigenvalue weighted by molar-refractivity contribution is -0.396. The highest BCUT2D eigenvalue weighted by atomic mass is 16.6. The van der Waals surface area contributed by atoms with E-state index in [2.05, 4.69) is 15.6 Å². The van der Waals surface area contributed by atoms with Crippen molar-refractivity contribution in [3.63, 3.8) is 0 Å². The summed E-state index contributed by atoms with van der Waals surface area (Å²) in [5, 5.41) is 15.3. The molecule has 0 aromatic carbocycles. The van der Waals surface area contributed by atoms with Gasteiger partial charge >= 0.3 is 18.1 Å². The quantitative estimate of drug-likeness (QED) is 0.578. The summed E-state index contributed by atoms with van der Waals surface area (Å²) < 4.78 is 10.8. The molecule has 21 heavy (non-hydrogen) atoms. The Morgan fingerprint density at radius 2 is 1.76 bits per heavy atom. The van der Waals surface area contributed by atoms with Gasteiger partial charge in [-0.3, -0.25) is 0 Å². The van der Waals surface area contributed by atoms with E-state index in [0.717, 1.165) is 4.57 Å². The fourth-order valence-corrected chi connectivity index (χ4v) is 1.45. The van der Waals surface area contributed by atoms with Crippen LogP contribution in [0.4, 0.5) is 15.5 Å². The van der Waals surface area contributed by atoms with Crippen LogP contribution in [-0.4, -0.2) is 40.8 Å². The van der Waals surface area contributed by atoms with Gasteiger partial charge in [0, 0.05) is 14.1 Å². The lowest BCUT2D eigenvalue weighted by atomic mass is 10.3. The van der Waals surface area contributed by atoms with Crippen molar-refractivity contribution >= 4 is 18.1 Å². The van der Waals surface area contributed by atoms with Crippen molar-refractivity contribution in [1.82, 2.24) is 20.2 Å². The summed E-state index contributed by atoms with van der Waals surface area (Å²) in [5.74, 6) is -0.444. The minimum Gasteiger partial charge on any atom is -0.441 e. The van der Waals surface area contributed by atoms with Crippen molar-refractivity contribution in [1.29, 1.82) is 0 Å². The van der Waals surface area contributed by atoms with E-state index in [9.17, 15) is 19.7 Å². The Kier molecular flexibility index (Phi) is 5.46. The molecule has 0 fully saturated rings. The fraction of sp³-hybridized carbons (Fsp3) is 0.500. The third-order valence-electron chi connectivity index (χ3n) is 2.52. The van der Waals surface area contributed by atoms with Gasteiger partial charge in [-0.25, -0.2) is 14.2 Å². The second kappa shape index (κ2) is 7.07. The van der Waals surface area contributed by atoms with Gasteiger partial charge in [-0.05, 0) is 4.92 Å². The van der Waals surface area contributed by atoms with E-state index >= 15 is 0 Å². The third kappa shape index (κ3) is 4.06. The summed E-state index contributed by atoms with van der Waals surface area (Å²) in [5.41, 5.74) is 0.394. The van der Waals surface area contributed by atoms with E-state index < -0.39 is 23.1 Å². The smallest absolute Gasteiger partial charge is 0.435 e. The second-order valence-electron chi connectivity index (χ2n) is 3.77. The molecule has 0 bridgehead atoms. The van der Waals surface area contributed by atoms with Crippen molar-refractivity contribution in [2.75, 3.05) is 14.1 Å². The first kappa shape index (κ1) is 16.2. The number of amides is 2. The largest absolute Gasteiger partial charge is 0.441 e. The van der Waals surface area contributed by atoms with Gasteiger partial charge in [0.1, 0.15) is 0 Å². The van der Waals surface area contributed by atoms with Crippen LogP contribution in [0.2, 0.25) is 0 Å². The number of hydrogen-bond donors (Lipinski definition) is 2. The maximum absolute atomic E-state index is 11.1. The molecule has 1 rings (SSSR count). The third-order valence-corrected chi connectivity index (χ3v) is 2.52. The molecule has 11 nitrogen and oxygen atoms in total. The van der Waals surface area contributed by atoms with E-state index in [1.165, 1.54) is 21.1 Å². The minimum absolute atomic E-state index is 0.136. The number of hydrogen-bond acceptors (Lipinski definition) is 7. The number of ether oxygens (including phenoxy) is 2. The molecule has 0 radical (unpaired) electrons. The Labute approximate surface area is 119 Å². The van der Waals surface area contributed by atoms with E-state index in [0.29, 0.717) is 0 Å². The first-order valence-corrected chi connectivity index (χ1v) is 5.78. The monoisotopic (exact) mass is 301 g/mol. The van der Waals surface area contributed by atoms with E-state index in [-0.39, 0.29) is 24.6 Å². The van der Waals surface area contributed by atoms with Crippen LogP contribution >= 0.6 is 0 Å². The molecule has 0 aliphatic rings. The molecule has 0 unspecified atom stereocenters. The molecule has 0 spiro atoms. The van der Waals surface area contributed by atoms with Crippen LogP contribution < -0.4 is 10.6 Å². The second-order valence-corrected chi connectivity index (χ2v) is 3.77. The fourth-order valence-electron chi connectivity index (χ4n) is 1.45. The molecule has 1 aromatic rings. The number of nitrogens with zero attached hydrogens (tertiary/aromatic N) is 3. The zero-order chi connectivity index (χ0) is 16.0. The summed E-state index contributed by atoms with van der Waals surface area (Å²) in [6.07, 6.45) is -1.40. The van der Waals surface area contributed by atoms with Crippen LogP contribution in [0.5, 0.6) is 0 Å². The number of imidazole rings is 1. The summed E-state index contributed by atoms with van der Waals surface area (Å²) in [4.78, 5) is 36.0. The number of rotatable bonds is 5. The van der Waals surface area contributed by atoms with Crippen molar-refractivity contribution in [2.24, 2.45) is 7.05 Å². The number of alkyl carbamates (subject to hydrolysis) is 2. The topological polar surface area (TPSA) is 138 Å². The predicted molar refractivity (Wildman–Crippen MR) is 68.4 cm³/mol. The van der Waals surface area contributed by atoms with Crippen LogP contribution in [0.3, 0.4) is 0 Å². The van der Waals surface area contributed by atoms with E-state index in [1.807, 2.05) is 0 Å². The molecule has 11 heteroatoms. The Morgan fingerprint density at radius 1 is 1.24 bits per heavy atom. The summed E-state index contributed by atoms with van der Waals surface area (Å²) >= 11 is 0. The lowest BCUT2D eigenvalue weighted by Crippen LogP contribution is -2.21. The molecule has 1 heterocycles. The average molecular weight is 301 g/mol. The molecular formula is C10H15N5O6. The van der Waals surface area contributed by atoms with Crippen LogP contribution in [0.1, 0.15) is 11.4 Å². The van der Waals surface area contributed by atoms with E-state index in [4.69, 9.17) is 9.47 Å². The number of aromatic nitrogens is 2. The highest BCUT2D eigenvalue weighted by Gasteiger charge is 2.26. The molecule has 116 valence electrons. The van der Waals surface area contributed by atoms with Crippen LogP contribution in [-0.2, 0) is 29.7 Å². The average Bonchev–Trinajstić information content (AvgIpc) is 2.78. The Morgan fingerprint density at radius 3 is 2.24 bits per heavy atom. The molecule has 0 atom stereocenters. The van der Waals surface area contributed by atoms with Crippen molar-refractivity contribution < 1.29 is 24.0 Å². The molecule has 0 aliphatic carbocycles. The highest BCUT2D eigenvalue weighted by molar-refractivity contribution is 5.67. The Bertz CT molecular complexity index is 554. The first-order valence-electron chi connectivity index (χ1n) is 5.78. The lowest BCUT2D eigenvalue weighted by Gasteiger charge is -2.05. The summed E-state index contributed by atoms with van der Waals surface area (Å²) in [6, 6.07) is 0. The van der Waals surface area contributed by atoms with E-state index in [1.54, 1.807) is 0 Å². The Balaban J connectivity index is 2.97. The van der Waals surface area contributed by atoms with Gasteiger partial charge in [-0.15, -0.1) is 0 Å². The summed E-state index contributed by atoms with van der Waals surface area (Å²) in [6.45, 7) is -0.531. The highest BCUT2D eigenvalue weighted by Crippen LogP contribution is 2.18. The number of nitrogens with one attached hydrogen (secondary N) is 2. The van der Waals surface area contributed by atoms with Crippen LogP contribution in [0, 0.1) is 10.1 Å². The molecule has 1 aromatic heterocycles. The molecule has 0 saturated heterocycles. The van der Waals surface area contributed by atoms with Crippen molar-refractivity contribution in [2.45, 2.75) is 13.2 Å². The minimum atomic E-state index is -0.707. The van der Waals surface area contributed by atoms with Gasteiger partial charge in [0.05, 0.1) is 7.05 Å². The first-order chi connectivity index (χ1) is 9.90. The predicted octanol–water partition coefficient (Wildman–Crippen LogP) is 0.0403. The number of carbonyl (C=O) groups is 2. The molecular weight excluding hydrogens is 286 g/mol. The molecule has 0 saturated carbocycles. The zero-order valence-corrected chi connectivity index (χ0v) is 11.7. The SMILES string of the molecule is CNC(=O)OCc1nc([N+](=O)[O-])n(C)c1COC(=O)NC. The van der Waals surface area contributed by atoms with Gasteiger partial charge in [-0.2, -0.15) is 0 Å². The van der Waals surface area contributed by atoms with Gasteiger partial charge in [-0.1, -0.05) is 4.98 Å². The zero-order valence-electron chi connectivity index (χ0n) is 11.7. The van der Waals surface area contributed by atoms with Crippen molar-refractivity contribution in [3.8, 4) is 0 Å². The van der Waals surface area contributed by atoms with Gasteiger partial charge in [0.2, 0.25) is 0 Å². The van der Waals surface area contributed by atoms with Gasteiger partial charge in [0.25, 0.3) is 0 Å². The molecule has 0 aliphatic heterocycles.